The van der Waals surface area contributed by atoms with E-state index in [0.29, 0.717) is 17.4 Å². The zero-order valence-corrected chi connectivity index (χ0v) is 8.41. The fraction of sp³-hybridized carbons (Fsp3) is 0.222. The number of nitrogens with zero attached hydrogens (tertiary/aromatic N) is 5. The smallest absolute Gasteiger partial charge is 0.241 e. The Hall–Kier alpha value is -2.49. The van der Waals surface area contributed by atoms with Crippen molar-refractivity contribution >= 4 is 0 Å². The Morgan fingerprint density at radius 3 is 2.94 bits per heavy atom. The van der Waals surface area contributed by atoms with E-state index >= 15 is 0 Å². The topological polar surface area (TPSA) is 97.7 Å². The van der Waals surface area contributed by atoms with Crippen LogP contribution in [0.5, 0.6) is 5.88 Å². The highest BCUT2D eigenvalue weighted by atomic mass is 16.5. The van der Waals surface area contributed by atoms with Crippen LogP contribution in [0.2, 0.25) is 0 Å². The molecule has 7 heteroatoms. The lowest BCUT2D eigenvalue weighted by Crippen LogP contribution is -1.93. The number of aromatic nitrogens is 4. The maximum Gasteiger partial charge on any atom is 0.241 e. The van der Waals surface area contributed by atoms with Crippen molar-refractivity contribution < 1.29 is 9.26 Å². The van der Waals surface area contributed by atoms with E-state index < -0.39 is 0 Å². The van der Waals surface area contributed by atoms with Crippen LogP contribution < -0.4 is 4.74 Å². The number of ether oxygens (including phenoxy) is 1. The van der Waals surface area contributed by atoms with Gasteiger partial charge in [0.25, 0.3) is 0 Å². The molecular weight excluding hydrogens is 210 g/mol. The van der Waals surface area contributed by atoms with Gasteiger partial charge in [-0.3, -0.25) is 0 Å². The summed E-state index contributed by atoms with van der Waals surface area (Å²) in [5.74, 6) is 0.972. The predicted octanol–water partition coefficient (Wildman–Crippen LogP) is 0.601. The van der Waals surface area contributed by atoms with Gasteiger partial charge in [-0.25, -0.2) is 0 Å². The van der Waals surface area contributed by atoms with E-state index in [4.69, 9.17) is 14.5 Å². The molecule has 0 bridgehead atoms. The van der Waals surface area contributed by atoms with Crippen molar-refractivity contribution in [1.82, 2.24) is 20.3 Å². The molecule has 0 amide bonds. The van der Waals surface area contributed by atoms with Crippen molar-refractivity contribution in [3.63, 3.8) is 0 Å². The highest BCUT2D eigenvalue weighted by Gasteiger charge is 2.09. The zero-order valence-electron chi connectivity index (χ0n) is 8.41. The molecule has 0 atom stereocenters. The molecule has 0 unspecified atom stereocenters. The summed E-state index contributed by atoms with van der Waals surface area (Å²) in [6.07, 6.45) is 0.0799. The summed E-state index contributed by atoms with van der Waals surface area (Å²) in [4.78, 5) is 3.98. The molecule has 2 heterocycles. The molecule has 0 saturated carbocycles. The number of hydrogen-bond donors (Lipinski definition) is 0. The first kappa shape index (κ1) is 10.0. The van der Waals surface area contributed by atoms with Crippen molar-refractivity contribution in [3.8, 4) is 23.5 Å². The molecule has 0 N–H and O–H groups in total. The second kappa shape index (κ2) is 4.35. The number of nitriles is 1. The lowest BCUT2D eigenvalue weighted by Gasteiger charge is -1.96. The Kier molecular flexibility index (Phi) is 2.73. The summed E-state index contributed by atoms with van der Waals surface area (Å²) >= 11 is 0. The van der Waals surface area contributed by atoms with E-state index in [1.165, 1.54) is 7.11 Å². The lowest BCUT2D eigenvalue weighted by atomic mass is 10.4. The second-order valence-electron chi connectivity index (χ2n) is 2.81. The third-order valence-electron chi connectivity index (χ3n) is 1.78. The van der Waals surface area contributed by atoms with Gasteiger partial charge in [-0.05, 0) is 6.07 Å². The van der Waals surface area contributed by atoms with Crippen LogP contribution in [0.25, 0.3) is 11.5 Å². The van der Waals surface area contributed by atoms with Gasteiger partial charge >= 0.3 is 0 Å². The van der Waals surface area contributed by atoms with Gasteiger partial charge in [-0.2, -0.15) is 10.2 Å². The Morgan fingerprint density at radius 1 is 1.44 bits per heavy atom. The highest BCUT2D eigenvalue weighted by molar-refractivity contribution is 5.47. The normalized spacial score (nSPS) is 9.75. The first-order valence-corrected chi connectivity index (χ1v) is 4.41. The van der Waals surface area contributed by atoms with E-state index in [0.717, 1.165) is 0 Å². The third kappa shape index (κ3) is 1.95. The summed E-state index contributed by atoms with van der Waals surface area (Å²) in [5, 5.41) is 19.7. The van der Waals surface area contributed by atoms with E-state index in [-0.39, 0.29) is 12.3 Å². The Balaban J connectivity index is 2.25. The Labute approximate surface area is 90.7 Å². The van der Waals surface area contributed by atoms with Gasteiger partial charge in [-0.15, -0.1) is 10.2 Å². The number of rotatable bonds is 3. The summed E-state index contributed by atoms with van der Waals surface area (Å²) in [5.41, 5.74) is 0.466. The van der Waals surface area contributed by atoms with Crippen LogP contribution in [0.15, 0.2) is 16.7 Å². The summed E-state index contributed by atoms with van der Waals surface area (Å²) in [6.45, 7) is 0. The molecule has 0 aromatic carbocycles. The lowest BCUT2D eigenvalue weighted by molar-refractivity contribution is 0.386. The van der Waals surface area contributed by atoms with Gasteiger partial charge in [0.15, 0.2) is 0 Å². The van der Waals surface area contributed by atoms with E-state index in [1.807, 2.05) is 6.07 Å². The van der Waals surface area contributed by atoms with Crippen LogP contribution in [0.4, 0.5) is 0 Å². The minimum absolute atomic E-state index is 0.0799. The van der Waals surface area contributed by atoms with Gasteiger partial charge in [0.05, 0.1) is 13.2 Å². The van der Waals surface area contributed by atoms with Crippen LogP contribution in [-0.4, -0.2) is 27.4 Å². The zero-order chi connectivity index (χ0) is 11.4. The predicted molar refractivity (Wildman–Crippen MR) is 51.2 cm³/mol. The van der Waals surface area contributed by atoms with Gasteiger partial charge in [0.1, 0.15) is 12.1 Å². The summed E-state index contributed by atoms with van der Waals surface area (Å²) < 4.78 is 9.70. The van der Waals surface area contributed by atoms with Crippen LogP contribution in [0.3, 0.4) is 0 Å². The standard InChI is InChI=1S/C9H7N5O2/c1-15-8-3-2-6(12-13-8)9-11-7(4-5-10)16-14-9/h2-3H,4H2,1H3. The van der Waals surface area contributed by atoms with Gasteiger partial charge in [-0.1, -0.05) is 5.16 Å². The van der Waals surface area contributed by atoms with E-state index in [9.17, 15) is 0 Å². The average molecular weight is 217 g/mol. The highest BCUT2D eigenvalue weighted by Crippen LogP contribution is 2.14. The van der Waals surface area contributed by atoms with Crippen molar-refractivity contribution in [3.05, 3.63) is 18.0 Å². The largest absolute Gasteiger partial charge is 0.480 e. The Morgan fingerprint density at radius 2 is 2.31 bits per heavy atom. The van der Waals surface area contributed by atoms with Crippen molar-refractivity contribution in [1.29, 1.82) is 5.26 Å². The van der Waals surface area contributed by atoms with Crippen molar-refractivity contribution in [2.45, 2.75) is 6.42 Å². The molecule has 2 rings (SSSR count). The molecule has 2 aromatic rings. The third-order valence-corrected chi connectivity index (χ3v) is 1.78. The molecule has 0 saturated heterocycles. The van der Waals surface area contributed by atoms with E-state index in [1.54, 1.807) is 12.1 Å². The summed E-state index contributed by atoms with van der Waals surface area (Å²) in [6, 6.07) is 5.22. The SMILES string of the molecule is COc1ccc(-c2noc(CC#N)n2)nn1. The van der Waals surface area contributed by atoms with E-state index in [2.05, 4.69) is 20.3 Å². The monoisotopic (exact) mass is 217 g/mol. The van der Waals surface area contributed by atoms with Gasteiger partial charge < -0.3 is 9.26 Å². The number of methoxy groups -OCH3 is 1. The minimum Gasteiger partial charge on any atom is -0.480 e. The van der Waals surface area contributed by atoms with Gasteiger partial charge in [0.2, 0.25) is 17.6 Å². The molecule has 0 aliphatic heterocycles. The fourth-order valence-electron chi connectivity index (χ4n) is 1.05. The molecule has 0 fully saturated rings. The molecule has 7 nitrogen and oxygen atoms in total. The molecule has 0 aliphatic carbocycles. The maximum atomic E-state index is 8.45. The quantitative estimate of drug-likeness (QED) is 0.742. The van der Waals surface area contributed by atoms with Crippen LogP contribution in [0, 0.1) is 11.3 Å². The molecule has 16 heavy (non-hydrogen) atoms. The average Bonchev–Trinajstić information content (AvgIpc) is 2.78. The van der Waals surface area contributed by atoms with Crippen molar-refractivity contribution in [2.75, 3.05) is 7.11 Å². The van der Waals surface area contributed by atoms with Crippen LogP contribution in [-0.2, 0) is 6.42 Å². The van der Waals surface area contributed by atoms with Gasteiger partial charge in [0, 0.05) is 6.07 Å². The molecule has 2 aromatic heterocycles. The first-order valence-electron chi connectivity index (χ1n) is 4.41. The maximum absolute atomic E-state index is 8.45. The Bertz CT molecular complexity index is 513. The first-order chi connectivity index (χ1) is 7.83. The number of hydrogen-bond acceptors (Lipinski definition) is 7. The molecule has 0 spiro atoms. The van der Waals surface area contributed by atoms with Crippen LogP contribution in [0.1, 0.15) is 5.89 Å². The molecule has 80 valence electrons. The molecule has 0 aliphatic rings. The van der Waals surface area contributed by atoms with Crippen LogP contribution >= 0.6 is 0 Å². The molecule has 0 radical (unpaired) electrons. The molecular formula is C9H7N5O2. The van der Waals surface area contributed by atoms with Crippen molar-refractivity contribution in [2.24, 2.45) is 0 Å². The fourth-order valence-corrected chi connectivity index (χ4v) is 1.05. The second-order valence-corrected chi connectivity index (χ2v) is 2.81. The summed E-state index contributed by atoms with van der Waals surface area (Å²) in [7, 11) is 1.50. The minimum atomic E-state index is 0.0799.